The molecule has 0 aliphatic carbocycles. The van der Waals surface area contributed by atoms with Gasteiger partial charge in [-0.1, -0.05) is 12.1 Å². The molecule has 4 rings (SSSR count). The predicted octanol–water partition coefficient (Wildman–Crippen LogP) is 1.91. The van der Waals surface area contributed by atoms with Crippen molar-refractivity contribution in [1.82, 2.24) is 14.2 Å². The number of amides is 1. The molecule has 30 heavy (non-hydrogen) atoms. The molecule has 8 nitrogen and oxygen atoms in total. The van der Waals surface area contributed by atoms with Crippen LogP contribution in [0.3, 0.4) is 0 Å². The number of hydrogen-bond donors (Lipinski definition) is 1. The number of aromatic amines is 1. The molecule has 1 N–H and O–H groups in total. The van der Waals surface area contributed by atoms with Gasteiger partial charge in [-0.2, -0.15) is 4.31 Å². The lowest BCUT2D eigenvalue weighted by molar-refractivity contribution is -0.117. The standard InChI is InChI=1S/C21H25N3O5S/c1-16(25)13-24-14-21(15-29-18-6-2-3-7-19(18)30(24,27)28)8-11-23(12-9-21)20(26)17-5-4-10-22-17/h2-7,10,22H,8-9,11-15H2,1H3. The lowest BCUT2D eigenvalue weighted by Gasteiger charge is -2.44. The summed E-state index contributed by atoms with van der Waals surface area (Å²) in [6, 6.07) is 10.0. The van der Waals surface area contributed by atoms with Crippen LogP contribution in [0.2, 0.25) is 0 Å². The second kappa shape index (κ2) is 7.88. The first kappa shape index (κ1) is 20.6. The van der Waals surface area contributed by atoms with E-state index in [2.05, 4.69) is 4.98 Å². The zero-order valence-corrected chi connectivity index (χ0v) is 17.7. The molecular weight excluding hydrogens is 406 g/mol. The lowest BCUT2D eigenvalue weighted by atomic mass is 9.78. The number of piperidine rings is 1. The van der Waals surface area contributed by atoms with Crippen LogP contribution in [0, 0.1) is 5.41 Å². The summed E-state index contributed by atoms with van der Waals surface area (Å²) < 4.78 is 33.8. The molecule has 1 saturated heterocycles. The van der Waals surface area contributed by atoms with E-state index in [0.717, 1.165) is 0 Å². The number of fused-ring (bicyclic) bond motifs is 1. The van der Waals surface area contributed by atoms with E-state index < -0.39 is 15.4 Å². The third-order valence-corrected chi connectivity index (χ3v) is 7.68. The van der Waals surface area contributed by atoms with Crippen LogP contribution < -0.4 is 4.74 Å². The fourth-order valence-corrected chi connectivity index (χ4v) is 5.87. The molecule has 0 radical (unpaired) electrons. The van der Waals surface area contributed by atoms with Gasteiger partial charge < -0.3 is 14.6 Å². The molecule has 0 bridgehead atoms. The van der Waals surface area contributed by atoms with Crippen LogP contribution in [0.5, 0.6) is 5.75 Å². The highest BCUT2D eigenvalue weighted by molar-refractivity contribution is 7.89. The number of ketones is 1. The first-order valence-corrected chi connectivity index (χ1v) is 11.4. The van der Waals surface area contributed by atoms with Gasteiger partial charge in [0.05, 0.1) is 13.2 Å². The summed E-state index contributed by atoms with van der Waals surface area (Å²) in [5, 5.41) is 0. The Morgan fingerprint density at radius 3 is 2.53 bits per heavy atom. The van der Waals surface area contributed by atoms with E-state index in [1.165, 1.54) is 17.3 Å². The Hall–Kier alpha value is -2.65. The molecule has 1 fully saturated rings. The number of aromatic nitrogens is 1. The van der Waals surface area contributed by atoms with E-state index in [-0.39, 0.29) is 29.7 Å². The van der Waals surface area contributed by atoms with Gasteiger partial charge in [-0.05, 0) is 44.0 Å². The minimum atomic E-state index is -3.88. The topological polar surface area (TPSA) is 99.8 Å². The molecule has 1 spiro atoms. The number of Topliss-reactive ketones (excluding diaryl/α,β-unsaturated/α-hetero) is 1. The molecule has 160 valence electrons. The summed E-state index contributed by atoms with van der Waals surface area (Å²) in [4.78, 5) is 29.3. The number of para-hydroxylation sites is 1. The van der Waals surface area contributed by atoms with Gasteiger partial charge in [0.15, 0.2) is 0 Å². The van der Waals surface area contributed by atoms with Gasteiger partial charge in [0.1, 0.15) is 22.1 Å². The van der Waals surface area contributed by atoms with Gasteiger partial charge in [0.25, 0.3) is 5.91 Å². The van der Waals surface area contributed by atoms with E-state index >= 15 is 0 Å². The Morgan fingerprint density at radius 2 is 1.87 bits per heavy atom. The van der Waals surface area contributed by atoms with E-state index in [1.807, 2.05) is 0 Å². The van der Waals surface area contributed by atoms with Crippen LogP contribution in [-0.4, -0.2) is 67.1 Å². The van der Waals surface area contributed by atoms with Crippen LogP contribution in [0.4, 0.5) is 0 Å². The number of nitrogens with zero attached hydrogens (tertiary/aromatic N) is 2. The van der Waals surface area contributed by atoms with Crippen molar-refractivity contribution in [2.75, 3.05) is 32.8 Å². The van der Waals surface area contributed by atoms with Crippen LogP contribution in [0.25, 0.3) is 0 Å². The van der Waals surface area contributed by atoms with Gasteiger partial charge in [-0.3, -0.25) is 9.59 Å². The lowest BCUT2D eigenvalue weighted by Crippen LogP contribution is -2.53. The normalized spacial score (nSPS) is 20.6. The molecular formula is C21H25N3O5S. The number of sulfonamides is 1. The largest absolute Gasteiger partial charge is 0.492 e. The van der Waals surface area contributed by atoms with E-state index in [0.29, 0.717) is 44.0 Å². The molecule has 2 aliphatic rings. The van der Waals surface area contributed by atoms with Gasteiger partial charge in [-0.15, -0.1) is 0 Å². The monoisotopic (exact) mass is 431 g/mol. The van der Waals surface area contributed by atoms with Crippen LogP contribution in [0.1, 0.15) is 30.3 Å². The fourth-order valence-electron chi connectivity index (χ4n) is 4.17. The number of carbonyl (C=O) groups is 2. The Labute approximate surface area is 175 Å². The number of likely N-dealkylation sites (tertiary alicyclic amines) is 1. The van der Waals surface area contributed by atoms with E-state index in [4.69, 9.17) is 4.74 Å². The number of rotatable bonds is 3. The Balaban J connectivity index is 1.60. The Kier molecular flexibility index (Phi) is 5.42. The van der Waals surface area contributed by atoms with E-state index in [9.17, 15) is 18.0 Å². The summed E-state index contributed by atoms with van der Waals surface area (Å²) in [6.45, 7) is 2.73. The first-order chi connectivity index (χ1) is 14.3. The molecule has 9 heteroatoms. The van der Waals surface area contributed by atoms with Crippen molar-refractivity contribution in [2.45, 2.75) is 24.7 Å². The van der Waals surface area contributed by atoms with Gasteiger partial charge >= 0.3 is 0 Å². The molecule has 1 amide bonds. The number of ether oxygens (including phenoxy) is 1. The van der Waals surface area contributed by atoms with Crippen molar-refractivity contribution in [3.63, 3.8) is 0 Å². The van der Waals surface area contributed by atoms with Crippen molar-refractivity contribution in [2.24, 2.45) is 5.41 Å². The maximum atomic E-state index is 13.3. The summed E-state index contributed by atoms with van der Waals surface area (Å²) in [5.74, 6) is 0.0160. The second-order valence-electron chi connectivity index (χ2n) is 8.09. The van der Waals surface area contributed by atoms with Crippen LogP contribution in [0.15, 0.2) is 47.5 Å². The SMILES string of the molecule is CC(=O)CN1CC2(CCN(C(=O)c3ccc[nH]3)CC2)COc2ccccc2S1(=O)=O. The highest BCUT2D eigenvalue weighted by Crippen LogP contribution is 2.39. The molecule has 2 aliphatic heterocycles. The molecule has 1 aromatic carbocycles. The van der Waals surface area contributed by atoms with Crippen LogP contribution in [-0.2, 0) is 14.8 Å². The van der Waals surface area contributed by atoms with Crippen LogP contribution >= 0.6 is 0 Å². The molecule has 0 unspecified atom stereocenters. The first-order valence-electron chi connectivity index (χ1n) is 9.95. The summed E-state index contributed by atoms with van der Waals surface area (Å²) >= 11 is 0. The Bertz CT molecular complexity index is 1040. The third-order valence-electron chi connectivity index (χ3n) is 5.85. The zero-order chi connectivity index (χ0) is 21.4. The van der Waals surface area contributed by atoms with Crippen molar-refractivity contribution < 1.29 is 22.7 Å². The second-order valence-corrected chi connectivity index (χ2v) is 9.99. The smallest absolute Gasteiger partial charge is 0.270 e. The Morgan fingerprint density at radius 1 is 1.13 bits per heavy atom. The molecule has 2 aromatic rings. The summed E-state index contributed by atoms with van der Waals surface area (Å²) in [6.07, 6.45) is 2.89. The van der Waals surface area contributed by atoms with E-state index in [1.54, 1.807) is 41.4 Å². The van der Waals surface area contributed by atoms with Gasteiger partial charge in [0.2, 0.25) is 10.0 Å². The molecule has 0 atom stereocenters. The molecule has 1 aromatic heterocycles. The number of hydrogen-bond acceptors (Lipinski definition) is 5. The zero-order valence-electron chi connectivity index (χ0n) is 16.8. The number of carbonyl (C=O) groups excluding carboxylic acids is 2. The molecule has 3 heterocycles. The predicted molar refractivity (Wildman–Crippen MR) is 110 cm³/mol. The minimum Gasteiger partial charge on any atom is -0.492 e. The summed E-state index contributed by atoms with van der Waals surface area (Å²) in [5.41, 5.74) is 0.0670. The highest BCUT2D eigenvalue weighted by atomic mass is 32.2. The average molecular weight is 432 g/mol. The number of benzene rings is 1. The van der Waals surface area contributed by atoms with Crippen molar-refractivity contribution in [3.05, 3.63) is 48.3 Å². The molecule has 0 saturated carbocycles. The fraction of sp³-hybridized carbons (Fsp3) is 0.429. The number of H-pyrrole nitrogens is 1. The third kappa shape index (κ3) is 3.87. The van der Waals surface area contributed by atoms with Crippen molar-refractivity contribution in [3.8, 4) is 5.75 Å². The quantitative estimate of drug-likeness (QED) is 0.800. The van der Waals surface area contributed by atoms with Crippen molar-refractivity contribution in [1.29, 1.82) is 0 Å². The van der Waals surface area contributed by atoms with Crippen molar-refractivity contribution >= 4 is 21.7 Å². The summed E-state index contributed by atoms with van der Waals surface area (Å²) in [7, 11) is -3.88. The maximum Gasteiger partial charge on any atom is 0.270 e. The van der Waals surface area contributed by atoms with Gasteiger partial charge in [0, 0.05) is 31.2 Å². The maximum absolute atomic E-state index is 13.3. The minimum absolute atomic E-state index is 0.0693. The number of nitrogens with one attached hydrogen (secondary N) is 1. The highest BCUT2D eigenvalue weighted by Gasteiger charge is 2.43. The average Bonchev–Trinajstić information content (AvgIpc) is 3.26. The van der Waals surface area contributed by atoms with Gasteiger partial charge in [-0.25, -0.2) is 8.42 Å².